The average Bonchev–Trinajstić information content (AvgIpc) is 2.88. The van der Waals surface area contributed by atoms with Gasteiger partial charge in [-0.15, -0.1) is 0 Å². The highest BCUT2D eigenvalue weighted by Gasteiger charge is 2.02. The normalized spacial score (nSPS) is 11.1. The molecule has 0 aromatic heterocycles. The van der Waals surface area contributed by atoms with Crippen molar-refractivity contribution in [1.29, 1.82) is 0 Å². The minimum absolute atomic E-state index is 0.220. The molecule has 172 valence electrons. The van der Waals surface area contributed by atoms with Gasteiger partial charge < -0.3 is 14.9 Å². The van der Waals surface area contributed by atoms with Gasteiger partial charge in [-0.3, -0.25) is 9.98 Å². The first kappa shape index (κ1) is 23.1. The van der Waals surface area contributed by atoms with E-state index in [2.05, 4.69) is 9.98 Å². The molecule has 0 saturated heterocycles. The lowest BCUT2D eigenvalue weighted by atomic mass is 10.1. The molecule has 0 fully saturated rings. The van der Waals surface area contributed by atoms with Gasteiger partial charge in [0.1, 0.15) is 11.5 Å². The second-order valence-corrected chi connectivity index (χ2v) is 7.46. The van der Waals surface area contributed by atoms with E-state index < -0.39 is 11.9 Å². The quantitative estimate of drug-likeness (QED) is 0.294. The molecule has 0 heterocycles. The average molecular weight is 464 g/mol. The summed E-state index contributed by atoms with van der Waals surface area (Å²) in [6.07, 6.45) is 3.36. The van der Waals surface area contributed by atoms with Crippen LogP contribution in [0.15, 0.2) is 107 Å². The van der Waals surface area contributed by atoms with Crippen LogP contribution in [0.2, 0.25) is 0 Å². The highest BCUT2D eigenvalue weighted by molar-refractivity contribution is 5.90. The van der Waals surface area contributed by atoms with Gasteiger partial charge in [0.05, 0.1) is 22.5 Å². The van der Waals surface area contributed by atoms with Gasteiger partial charge in [-0.1, -0.05) is 12.1 Å². The van der Waals surface area contributed by atoms with Gasteiger partial charge in [-0.05, 0) is 96.1 Å². The van der Waals surface area contributed by atoms with E-state index in [1.54, 1.807) is 36.7 Å². The molecule has 0 aliphatic carbocycles. The summed E-state index contributed by atoms with van der Waals surface area (Å²) in [5, 5.41) is 17.9. The standard InChI is InChI=1S/C28H20N2O5/c31-27(32)21-5-1-19(2-6-21)17-30-24-11-15-26(16-12-24)35-25-13-3-20(4-14-25)18-29-23-9-7-22(8-10-23)28(33)34/h1-18H,(H,31,32)(H,33,34). The Morgan fingerprint density at radius 3 is 1.31 bits per heavy atom. The number of hydrogen-bond acceptors (Lipinski definition) is 5. The minimum atomic E-state index is -0.969. The van der Waals surface area contributed by atoms with Gasteiger partial charge in [0, 0.05) is 12.4 Å². The van der Waals surface area contributed by atoms with Crippen molar-refractivity contribution in [2.75, 3.05) is 0 Å². The van der Waals surface area contributed by atoms with Gasteiger partial charge in [0.25, 0.3) is 0 Å². The fourth-order valence-electron chi connectivity index (χ4n) is 3.06. The lowest BCUT2D eigenvalue weighted by molar-refractivity contribution is 0.0686. The van der Waals surface area contributed by atoms with Crippen molar-refractivity contribution in [2.45, 2.75) is 0 Å². The topological polar surface area (TPSA) is 109 Å². The van der Waals surface area contributed by atoms with Gasteiger partial charge in [0.15, 0.2) is 0 Å². The van der Waals surface area contributed by atoms with Crippen LogP contribution in [0.3, 0.4) is 0 Å². The van der Waals surface area contributed by atoms with Crippen LogP contribution in [-0.2, 0) is 0 Å². The minimum Gasteiger partial charge on any atom is -0.478 e. The molecule has 4 aromatic rings. The SMILES string of the molecule is O=C(O)c1ccc(C=Nc2ccc(Oc3ccc(C=Nc4ccc(C(=O)O)cc4)cc3)cc2)cc1. The third kappa shape index (κ3) is 6.49. The first-order chi connectivity index (χ1) is 17.0. The van der Waals surface area contributed by atoms with Crippen LogP contribution in [0, 0.1) is 0 Å². The van der Waals surface area contributed by atoms with Crippen LogP contribution in [0.4, 0.5) is 11.4 Å². The Balaban J connectivity index is 1.33. The Morgan fingerprint density at radius 2 is 0.886 bits per heavy atom. The number of carbonyl (C=O) groups is 2. The summed E-state index contributed by atoms with van der Waals surface area (Å²) in [7, 11) is 0. The predicted molar refractivity (Wildman–Crippen MR) is 134 cm³/mol. The van der Waals surface area contributed by atoms with Crippen molar-refractivity contribution in [3.05, 3.63) is 119 Å². The Labute approximate surface area is 201 Å². The first-order valence-electron chi connectivity index (χ1n) is 10.6. The number of aromatic carboxylic acids is 2. The van der Waals surface area contributed by atoms with E-state index in [0.29, 0.717) is 17.2 Å². The van der Waals surface area contributed by atoms with Crippen molar-refractivity contribution in [3.63, 3.8) is 0 Å². The van der Waals surface area contributed by atoms with E-state index in [1.165, 1.54) is 24.3 Å². The third-order valence-corrected chi connectivity index (χ3v) is 4.95. The molecule has 0 bridgehead atoms. The van der Waals surface area contributed by atoms with E-state index in [-0.39, 0.29) is 11.1 Å². The predicted octanol–water partition coefficient (Wildman–Crippen LogP) is 6.38. The van der Waals surface area contributed by atoms with Crippen molar-refractivity contribution >= 4 is 35.7 Å². The molecule has 4 aromatic carbocycles. The van der Waals surface area contributed by atoms with Gasteiger partial charge >= 0.3 is 11.9 Å². The molecule has 4 rings (SSSR count). The van der Waals surface area contributed by atoms with E-state index in [0.717, 1.165) is 16.8 Å². The molecule has 0 atom stereocenters. The second-order valence-electron chi connectivity index (χ2n) is 7.46. The number of carboxylic acid groups (broad SMARTS) is 2. The number of hydrogen-bond donors (Lipinski definition) is 2. The number of ether oxygens (including phenoxy) is 1. The fraction of sp³-hybridized carbons (Fsp3) is 0. The number of rotatable bonds is 8. The molecule has 0 saturated carbocycles. The van der Waals surface area contributed by atoms with Crippen LogP contribution in [-0.4, -0.2) is 34.6 Å². The summed E-state index contributed by atoms with van der Waals surface area (Å²) < 4.78 is 5.88. The van der Waals surface area contributed by atoms with Crippen molar-refractivity contribution in [3.8, 4) is 11.5 Å². The number of nitrogens with zero attached hydrogens (tertiary/aromatic N) is 2. The van der Waals surface area contributed by atoms with Gasteiger partial charge in [0.2, 0.25) is 0 Å². The Hall–Kier alpha value is -5.04. The van der Waals surface area contributed by atoms with Crippen LogP contribution in [0.5, 0.6) is 11.5 Å². The Bertz CT molecular complexity index is 1260. The molecule has 2 N–H and O–H groups in total. The zero-order chi connectivity index (χ0) is 24.6. The molecule has 0 spiro atoms. The number of carboxylic acids is 2. The Morgan fingerprint density at radius 1 is 0.543 bits per heavy atom. The van der Waals surface area contributed by atoms with Crippen molar-refractivity contribution in [2.24, 2.45) is 9.98 Å². The molecule has 7 heteroatoms. The zero-order valence-electron chi connectivity index (χ0n) is 18.4. The summed E-state index contributed by atoms with van der Waals surface area (Å²) in [6.45, 7) is 0. The van der Waals surface area contributed by atoms with E-state index in [4.69, 9.17) is 14.9 Å². The van der Waals surface area contributed by atoms with Gasteiger partial charge in [-0.25, -0.2) is 9.59 Å². The molecule has 0 unspecified atom stereocenters. The maximum atomic E-state index is 10.9. The van der Waals surface area contributed by atoms with E-state index >= 15 is 0 Å². The Kier molecular flexibility index (Phi) is 7.08. The molecule has 0 aliphatic heterocycles. The van der Waals surface area contributed by atoms with Crippen LogP contribution >= 0.6 is 0 Å². The highest BCUT2D eigenvalue weighted by atomic mass is 16.5. The summed E-state index contributed by atoms with van der Waals surface area (Å²) in [5.41, 5.74) is 3.53. The van der Waals surface area contributed by atoms with E-state index in [1.807, 2.05) is 48.5 Å². The molecular weight excluding hydrogens is 444 g/mol. The highest BCUT2D eigenvalue weighted by Crippen LogP contribution is 2.24. The van der Waals surface area contributed by atoms with Crippen LogP contribution < -0.4 is 4.74 Å². The van der Waals surface area contributed by atoms with E-state index in [9.17, 15) is 9.59 Å². The summed E-state index contributed by atoms with van der Waals surface area (Å²) in [4.78, 5) is 30.6. The lowest BCUT2D eigenvalue weighted by Crippen LogP contribution is -1.95. The monoisotopic (exact) mass is 464 g/mol. The smallest absolute Gasteiger partial charge is 0.335 e. The van der Waals surface area contributed by atoms with Gasteiger partial charge in [-0.2, -0.15) is 0 Å². The van der Waals surface area contributed by atoms with Crippen molar-refractivity contribution < 1.29 is 24.5 Å². The van der Waals surface area contributed by atoms with Crippen LogP contribution in [0.1, 0.15) is 31.8 Å². The first-order valence-corrected chi connectivity index (χ1v) is 10.6. The van der Waals surface area contributed by atoms with Crippen molar-refractivity contribution in [1.82, 2.24) is 0 Å². The number of benzene rings is 4. The van der Waals surface area contributed by atoms with Crippen LogP contribution in [0.25, 0.3) is 0 Å². The largest absolute Gasteiger partial charge is 0.478 e. The second kappa shape index (κ2) is 10.7. The third-order valence-electron chi connectivity index (χ3n) is 4.95. The molecule has 0 radical (unpaired) electrons. The number of aliphatic imine (C=N–C) groups is 2. The summed E-state index contributed by atoms with van der Waals surface area (Å²) in [5.74, 6) is -0.600. The summed E-state index contributed by atoms with van der Waals surface area (Å²) >= 11 is 0. The molecule has 35 heavy (non-hydrogen) atoms. The molecule has 0 amide bonds. The maximum absolute atomic E-state index is 10.9. The molecule has 0 aliphatic rings. The molecule has 7 nitrogen and oxygen atoms in total. The maximum Gasteiger partial charge on any atom is 0.335 e. The fourth-order valence-corrected chi connectivity index (χ4v) is 3.06. The summed E-state index contributed by atoms with van der Waals surface area (Å²) in [6, 6.07) is 27.5. The molecular formula is C28H20N2O5. The lowest BCUT2D eigenvalue weighted by Gasteiger charge is -2.06. The zero-order valence-corrected chi connectivity index (χ0v) is 18.4.